The molecule has 2 aromatic carbocycles. The Morgan fingerprint density at radius 3 is 2.06 bits per heavy atom. The summed E-state index contributed by atoms with van der Waals surface area (Å²) >= 11 is 0. The number of ether oxygens (including phenoxy) is 4. The summed E-state index contributed by atoms with van der Waals surface area (Å²) < 4.78 is 20.8. The Bertz CT molecular complexity index is 909. The molecule has 0 aliphatic heterocycles. The fraction of sp³-hybridized carbons (Fsp3) is 0.333. The van der Waals surface area contributed by atoms with Crippen molar-refractivity contribution in [1.82, 2.24) is 5.32 Å². The molecule has 1 atom stereocenters. The van der Waals surface area contributed by atoms with Gasteiger partial charge in [-0.3, -0.25) is 4.79 Å². The number of amides is 1. The van der Waals surface area contributed by atoms with E-state index in [1.807, 2.05) is 50.3 Å². The molecule has 0 aromatic heterocycles. The summed E-state index contributed by atoms with van der Waals surface area (Å²) in [5.74, 6) is 1.29. The van der Waals surface area contributed by atoms with Crippen molar-refractivity contribution in [3.05, 3.63) is 53.6 Å². The lowest BCUT2D eigenvalue weighted by atomic mass is 10.1. The SMILES string of the molecule is COc1cc(/C=C/c2ccc(OC(=O)NCCOC(=O)C(N)C(C)C)cc2)cc(OC)c1.Cl. The molecular weight excluding hydrogens is 448 g/mol. The Kier molecular flexibility index (Phi) is 11.8. The van der Waals surface area contributed by atoms with Crippen molar-refractivity contribution in [2.45, 2.75) is 19.9 Å². The fourth-order valence-electron chi connectivity index (χ4n) is 2.58. The smallest absolute Gasteiger partial charge is 0.412 e. The molecule has 0 saturated carbocycles. The lowest BCUT2D eigenvalue weighted by Gasteiger charge is -2.14. The molecule has 33 heavy (non-hydrogen) atoms. The quantitative estimate of drug-likeness (QED) is 0.302. The number of carbonyl (C=O) groups excluding carboxylic acids is 2. The monoisotopic (exact) mass is 478 g/mol. The van der Waals surface area contributed by atoms with Crippen LogP contribution < -0.4 is 25.3 Å². The number of methoxy groups -OCH3 is 2. The van der Waals surface area contributed by atoms with E-state index in [9.17, 15) is 9.59 Å². The van der Waals surface area contributed by atoms with Crippen LogP contribution in [0.2, 0.25) is 0 Å². The van der Waals surface area contributed by atoms with E-state index in [1.165, 1.54) is 0 Å². The molecule has 0 radical (unpaired) electrons. The lowest BCUT2D eigenvalue weighted by molar-refractivity contribution is -0.146. The minimum Gasteiger partial charge on any atom is -0.497 e. The normalized spacial score (nSPS) is 11.5. The molecule has 3 N–H and O–H groups in total. The molecule has 0 heterocycles. The third-order valence-electron chi connectivity index (χ3n) is 4.54. The number of halogens is 1. The largest absolute Gasteiger partial charge is 0.497 e. The Labute approximate surface area is 200 Å². The highest BCUT2D eigenvalue weighted by molar-refractivity contribution is 5.85. The molecule has 0 aliphatic rings. The van der Waals surface area contributed by atoms with Crippen LogP contribution in [0.4, 0.5) is 4.79 Å². The minimum atomic E-state index is -0.680. The highest BCUT2D eigenvalue weighted by Gasteiger charge is 2.18. The van der Waals surface area contributed by atoms with Crippen LogP contribution in [0, 0.1) is 5.92 Å². The highest BCUT2D eigenvalue weighted by atomic mass is 35.5. The van der Waals surface area contributed by atoms with E-state index < -0.39 is 18.1 Å². The summed E-state index contributed by atoms with van der Waals surface area (Å²) in [7, 11) is 3.21. The average Bonchev–Trinajstić information content (AvgIpc) is 2.80. The second-order valence-electron chi connectivity index (χ2n) is 7.30. The maximum Gasteiger partial charge on any atom is 0.412 e. The van der Waals surface area contributed by atoms with E-state index in [0.717, 1.165) is 11.1 Å². The van der Waals surface area contributed by atoms with Gasteiger partial charge in [0, 0.05) is 6.07 Å². The highest BCUT2D eigenvalue weighted by Crippen LogP contribution is 2.24. The van der Waals surface area contributed by atoms with Crippen molar-refractivity contribution in [3.8, 4) is 17.2 Å². The van der Waals surface area contributed by atoms with Crippen molar-refractivity contribution in [2.24, 2.45) is 11.7 Å². The molecule has 0 bridgehead atoms. The van der Waals surface area contributed by atoms with Gasteiger partial charge < -0.3 is 30.0 Å². The molecule has 0 aliphatic carbocycles. The van der Waals surface area contributed by atoms with Gasteiger partial charge in [0.25, 0.3) is 0 Å². The summed E-state index contributed by atoms with van der Waals surface area (Å²) in [5, 5.41) is 2.52. The van der Waals surface area contributed by atoms with Crippen LogP contribution >= 0.6 is 12.4 Å². The van der Waals surface area contributed by atoms with Crippen molar-refractivity contribution < 1.29 is 28.5 Å². The minimum absolute atomic E-state index is 0. The summed E-state index contributed by atoms with van der Waals surface area (Å²) in [6.07, 6.45) is 3.22. The zero-order valence-corrected chi connectivity index (χ0v) is 20.0. The first-order valence-electron chi connectivity index (χ1n) is 10.2. The van der Waals surface area contributed by atoms with Gasteiger partial charge in [0.2, 0.25) is 0 Å². The van der Waals surface area contributed by atoms with Gasteiger partial charge in [-0.2, -0.15) is 0 Å². The van der Waals surface area contributed by atoms with Crippen molar-refractivity contribution in [3.63, 3.8) is 0 Å². The Balaban J connectivity index is 0.00000544. The van der Waals surface area contributed by atoms with Gasteiger partial charge in [-0.1, -0.05) is 38.1 Å². The van der Waals surface area contributed by atoms with Crippen LogP contribution in [0.25, 0.3) is 12.2 Å². The number of carbonyl (C=O) groups is 2. The van der Waals surface area contributed by atoms with Gasteiger partial charge in [-0.05, 0) is 41.3 Å². The third-order valence-corrected chi connectivity index (χ3v) is 4.54. The first kappa shape index (κ1) is 27.8. The van der Waals surface area contributed by atoms with Crippen molar-refractivity contribution in [2.75, 3.05) is 27.4 Å². The molecule has 0 saturated heterocycles. The van der Waals surface area contributed by atoms with E-state index >= 15 is 0 Å². The van der Waals surface area contributed by atoms with Crippen LogP contribution in [0.15, 0.2) is 42.5 Å². The molecule has 0 fully saturated rings. The Morgan fingerprint density at radius 1 is 0.939 bits per heavy atom. The van der Waals surface area contributed by atoms with Crippen LogP contribution in [0.1, 0.15) is 25.0 Å². The Morgan fingerprint density at radius 2 is 1.52 bits per heavy atom. The second kappa shape index (κ2) is 14.0. The van der Waals surface area contributed by atoms with E-state index in [1.54, 1.807) is 32.4 Å². The predicted molar refractivity (Wildman–Crippen MR) is 130 cm³/mol. The second-order valence-corrected chi connectivity index (χ2v) is 7.30. The first-order valence-corrected chi connectivity index (χ1v) is 10.2. The zero-order chi connectivity index (χ0) is 23.5. The van der Waals surface area contributed by atoms with Crippen molar-refractivity contribution >= 4 is 36.6 Å². The van der Waals surface area contributed by atoms with E-state index in [0.29, 0.717) is 17.2 Å². The average molecular weight is 479 g/mol. The van der Waals surface area contributed by atoms with Crippen LogP contribution in [-0.4, -0.2) is 45.5 Å². The predicted octanol–water partition coefficient (Wildman–Crippen LogP) is 3.91. The van der Waals surface area contributed by atoms with Crippen molar-refractivity contribution in [1.29, 1.82) is 0 Å². The number of benzene rings is 2. The molecule has 0 spiro atoms. The molecule has 9 heteroatoms. The summed E-state index contributed by atoms with van der Waals surface area (Å²) in [6.45, 7) is 3.81. The zero-order valence-electron chi connectivity index (χ0n) is 19.2. The summed E-state index contributed by atoms with van der Waals surface area (Å²) in [6, 6.07) is 11.9. The number of nitrogens with two attached hydrogens (primary N) is 1. The van der Waals surface area contributed by atoms with Crippen LogP contribution in [-0.2, 0) is 9.53 Å². The van der Waals surface area contributed by atoms with Gasteiger partial charge in [0.1, 0.15) is 29.9 Å². The van der Waals surface area contributed by atoms with E-state index in [-0.39, 0.29) is 31.5 Å². The number of hydrogen-bond acceptors (Lipinski definition) is 7. The standard InChI is InChI=1S/C24H30N2O6.ClH/c1-16(2)22(25)23(27)31-12-11-26-24(28)32-19-9-7-17(8-10-19)5-6-18-13-20(29-3)15-21(14-18)30-4;/h5-10,13-16,22H,11-12,25H2,1-4H3,(H,26,28);1H/b6-5+;. The first-order chi connectivity index (χ1) is 15.3. The fourth-order valence-corrected chi connectivity index (χ4v) is 2.58. The molecule has 1 amide bonds. The van der Waals surface area contributed by atoms with Gasteiger partial charge in [-0.25, -0.2) is 4.79 Å². The van der Waals surface area contributed by atoms with E-state index in [2.05, 4.69) is 5.32 Å². The topological polar surface area (TPSA) is 109 Å². The molecule has 2 aromatic rings. The lowest BCUT2D eigenvalue weighted by Crippen LogP contribution is -2.38. The molecule has 8 nitrogen and oxygen atoms in total. The van der Waals surface area contributed by atoms with Gasteiger partial charge in [-0.15, -0.1) is 12.4 Å². The van der Waals surface area contributed by atoms with Gasteiger partial charge in [0.15, 0.2) is 0 Å². The molecular formula is C24H31ClN2O6. The van der Waals surface area contributed by atoms with Gasteiger partial charge >= 0.3 is 12.1 Å². The van der Waals surface area contributed by atoms with Crippen LogP contribution in [0.3, 0.4) is 0 Å². The summed E-state index contributed by atoms with van der Waals surface area (Å²) in [4.78, 5) is 23.5. The maximum atomic E-state index is 11.9. The number of nitrogens with one attached hydrogen (secondary N) is 1. The third kappa shape index (κ3) is 9.43. The number of rotatable bonds is 10. The van der Waals surface area contributed by atoms with Crippen LogP contribution in [0.5, 0.6) is 17.2 Å². The maximum absolute atomic E-state index is 11.9. The summed E-state index contributed by atoms with van der Waals surface area (Å²) in [5.41, 5.74) is 7.55. The number of hydrogen-bond donors (Lipinski definition) is 2. The number of esters is 1. The molecule has 180 valence electrons. The Hall–Kier alpha value is -3.23. The van der Waals surface area contributed by atoms with E-state index in [4.69, 9.17) is 24.7 Å². The molecule has 1 unspecified atom stereocenters. The molecule has 2 rings (SSSR count). The van der Waals surface area contributed by atoms with Gasteiger partial charge in [0.05, 0.1) is 20.8 Å².